The highest BCUT2D eigenvalue weighted by Crippen LogP contribution is 2.35. The Morgan fingerprint density at radius 1 is 1.64 bits per heavy atom. The van der Waals surface area contributed by atoms with E-state index >= 15 is 0 Å². The summed E-state index contributed by atoms with van der Waals surface area (Å²) in [5.41, 5.74) is 0. The number of amides is 1. The zero-order chi connectivity index (χ0) is 10.4. The number of hydrogen-bond acceptors (Lipinski definition) is 2. The lowest BCUT2D eigenvalue weighted by molar-refractivity contribution is -0.120. The predicted octanol–water partition coefficient (Wildman–Crippen LogP) is 0.924. The molecule has 1 aliphatic rings. The highest BCUT2D eigenvalue weighted by Gasteiger charge is 2.27. The van der Waals surface area contributed by atoms with Crippen molar-refractivity contribution in [3.63, 3.8) is 0 Å². The smallest absolute Gasteiger partial charge is 0.233 e. The van der Waals surface area contributed by atoms with Gasteiger partial charge in [-0.2, -0.15) is 0 Å². The Hall–Kier alpha value is -0.830. The van der Waals surface area contributed by atoms with Gasteiger partial charge in [-0.15, -0.1) is 6.58 Å². The highest BCUT2D eigenvalue weighted by molar-refractivity contribution is 5.77. The zero-order valence-electron chi connectivity index (χ0n) is 8.88. The minimum atomic E-state index is 0.0827. The molecular formula is C11H20N2O. The van der Waals surface area contributed by atoms with Crippen LogP contribution >= 0.6 is 0 Å². The van der Waals surface area contributed by atoms with Crippen LogP contribution in [-0.2, 0) is 4.79 Å². The molecule has 0 aromatic carbocycles. The second kappa shape index (κ2) is 5.81. The molecule has 0 radical (unpaired) electrons. The molecule has 0 aromatic rings. The first-order valence-corrected chi connectivity index (χ1v) is 5.32. The maximum Gasteiger partial charge on any atom is 0.233 e. The van der Waals surface area contributed by atoms with Gasteiger partial charge in [-0.3, -0.25) is 4.79 Å². The Morgan fingerprint density at radius 3 is 2.93 bits per heavy atom. The van der Waals surface area contributed by atoms with Crippen LogP contribution in [0.4, 0.5) is 0 Å². The van der Waals surface area contributed by atoms with Crippen molar-refractivity contribution in [2.24, 2.45) is 11.8 Å². The van der Waals surface area contributed by atoms with Gasteiger partial charge in [0.05, 0.1) is 6.54 Å². The third kappa shape index (κ3) is 4.42. The summed E-state index contributed by atoms with van der Waals surface area (Å²) in [7, 11) is 0. The molecule has 1 atom stereocenters. The van der Waals surface area contributed by atoms with Crippen LogP contribution in [0.15, 0.2) is 12.7 Å². The minimum Gasteiger partial charge on any atom is -0.355 e. The first kappa shape index (κ1) is 11.2. The Labute approximate surface area is 86.0 Å². The Bertz CT molecular complexity index is 199. The Balaban J connectivity index is 1.99. The van der Waals surface area contributed by atoms with Crippen molar-refractivity contribution in [3.05, 3.63) is 12.7 Å². The Kier molecular flexibility index (Phi) is 4.66. The molecule has 1 aliphatic carbocycles. The van der Waals surface area contributed by atoms with E-state index in [9.17, 15) is 4.79 Å². The van der Waals surface area contributed by atoms with Crippen LogP contribution in [0.3, 0.4) is 0 Å². The lowest BCUT2D eigenvalue weighted by atomic mass is 10.1. The molecule has 14 heavy (non-hydrogen) atoms. The third-order valence-corrected chi connectivity index (χ3v) is 2.62. The summed E-state index contributed by atoms with van der Waals surface area (Å²) in [4.78, 5) is 11.3. The van der Waals surface area contributed by atoms with Gasteiger partial charge < -0.3 is 10.6 Å². The van der Waals surface area contributed by atoms with Crippen LogP contribution in [0.5, 0.6) is 0 Å². The quantitative estimate of drug-likeness (QED) is 0.470. The lowest BCUT2D eigenvalue weighted by Crippen LogP contribution is -2.36. The first-order valence-electron chi connectivity index (χ1n) is 5.32. The van der Waals surface area contributed by atoms with Crippen LogP contribution in [0.25, 0.3) is 0 Å². The van der Waals surface area contributed by atoms with Gasteiger partial charge in [0, 0.05) is 13.1 Å². The summed E-state index contributed by atoms with van der Waals surface area (Å²) in [6, 6.07) is 0. The van der Waals surface area contributed by atoms with Gasteiger partial charge in [0.25, 0.3) is 0 Å². The summed E-state index contributed by atoms with van der Waals surface area (Å²) in [6.45, 7) is 7.67. The largest absolute Gasteiger partial charge is 0.355 e. The van der Waals surface area contributed by atoms with Gasteiger partial charge in [-0.05, 0) is 24.7 Å². The molecule has 3 heteroatoms. The molecule has 80 valence electrons. The SMILES string of the molecule is C=CCNCC(=O)NCC(C)C1CC1. The fraction of sp³-hybridized carbons (Fsp3) is 0.727. The summed E-state index contributed by atoms with van der Waals surface area (Å²) in [6.07, 6.45) is 4.43. The molecule has 1 unspecified atom stereocenters. The van der Waals surface area contributed by atoms with E-state index in [2.05, 4.69) is 24.1 Å². The molecule has 1 fully saturated rings. The molecule has 0 saturated heterocycles. The van der Waals surface area contributed by atoms with Crippen LogP contribution in [0.1, 0.15) is 19.8 Å². The van der Waals surface area contributed by atoms with E-state index in [1.54, 1.807) is 6.08 Å². The molecule has 0 spiro atoms. The van der Waals surface area contributed by atoms with Crippen LogP contribution in [-0.4, -0.2) is 25.5 Å². The monoisotopic (exact) mass is 196 g/mol. The number of nitrogens with one attached hydrogen (secondary N) is 2. The summed E-state index contributed by atoms with van der Waals surface area (Å²) in [5.74, 6) is 1.58. The molecule has 2 N–H and O–H groups in total. The predicted molar refractivity (Wildman–Crippen MR) is 58.0 cm³/mol. The number of rotatable bonds is 7. The van der Waals surface area contributed by atoms with Crippen LogP contribution in [0, 0.1) is 11.8 Å². The third-order valence-electron chi connectivity index (χ3n) is 2.62. The van der Waals surface area contributed by atoms with E-state index in [1.807, 2.05) is 0 Å². The topological polar surface area (TPSA) is 41.1 Å². The second-order valence-corrected chi connectivity index (χ2v) is 4.04. The fourth-order valence-electron chi connectivity index (χ4n) is 1.46. The van der Waals surface area contributed by atoms with Crippen molar-refractivity contribution in [3.8, 4) is 0 Å². The molecule has 1 amide bonds. The standard InChI is InChI=1S/C11H20N2O/c1-3-6-12-8-11(14)13-7-9(2)10-4-5-10/h3,9-10,12H,1,4-8H2,2H3,(H,13,14). The van der Waals surface area contributed by atoms with Crippen molar-refractivity contribution in [2.75, 3.05) is 19.6 Å². The van der Waals surface area contributed by atoms with Gasteiger partial charge in [0.1, 0.15) is 0 Å². The van der Waals surface area contributed by atoms with E-state index in [0.717, 1.165) is 12.5 Å². The zero-order valence-corrected chi connectivity index (χ0v) is 8.88. The second-order valence-electron chi connectivity index (χ2n) is 4.04. The minimum absolute atomic E-state index is 0.0827. The van der Waals surface area contributed by atoms with Crippen molar-refractivity contribution in [2.45, 2.75) is 19.8 Å². The van der Waals surface area contributed by atoms with Gasteiger partial charge >= 0.3 is 0 Å². The molecule has 3 nitrogen and oxygen atoms in total. The molecule has 0 aliphatic heterocycles. The summed E-state index contributed by atoms with van der Waals surface area (Å²) < 4.78 is 0. The van der Waals surface area contributed by atoms with Crippen molar-refractivity contribution in [1.29, 1.82) is 0 Å². The van der Waals surface area contributed by atoms with Gasteiger partial charge in [0.2, 0.25) is 5.91 Å². The highest BCUT2D eigenvalue weighted by atomic mass is 16.1. The van der Waals surface area contributed by atoms with E-state index in [1.165, 1.54) is 12.8 Å². The van der Waals surface area contributed by atoms with Crippen LogP contribution in [0.2, 0.25) is 0 Å². The van der Waals surface area contributed by atoms with Gasteiger partial charge in [-0.25, -0.2) is 0 Å². The molecule has 0 heterocycles. The molecule has 1 rings (SSSR count). The molecule has 0 bridgehead atoms. The first-order chi connectivity index (χ1) is 6.74. The normalized spacial score (nSPS) is 17.5. The molecule has 0 aromatic heterocycles. The van der Waals surface area contributed by atoms with Crippen molar-refractivity contribution >= 4 is 5.91 Å². The number of carbonyl (C=O) groups is 1. The summed E-state index contributed by atoms with van der Waals surface area (Å²) in [5, 5.41) is 5.90. The van der Waals surface area contributed by atoms with Crippen LogP contribution < -0.4 is 10.6 Å². The van der Waals surface area contributed by atoms with Crippen molar-refractivity contribution in [1.82, 2.24) is 10.6 Å². The van der Waals surface area contributed by atoms with Gasteiger partial charge in [0.15, 0.2) is 0 Å². The lowest BCUT2D eigenvalue weighted by Gasteiger charge is -2.11. The van der Waals surface area contributed by atoms with E-state index < -0.39 is 0 Å². The average Bonchev–Trinajstić information content (AvgIpc) is 2.98. The van der Waals surface area contributed by atoms with Gasteiger partial charge in [-0.1, -0.05) is 13.0 Å². The maximum absolute atomic E-state index is 11.3. The Morgan fingerprint density at radius 2 is 2.36 bits per heavy atom. The van der Waals surface area contributed by atoms with E-state index in [0.29, 0.717) is 19.0 Å². The fourth-order valence-corrected chi connectivity index (χ4v) is 1.46. The molecule has 1 saturated carbocycles. The number of hydrogen-bond donors (Lipinski definition) is 2. The van der Waals surface area contributed by atoms with E-state index in [4.69, 9.17) is 0 Å². The number of carbonyl (C=O) groups excluding carboxylic acids is 1. The van der Waals surface area contributed by atoms with Crippen molar-refractivity contribution < 1.29 is 4.79 Å². The summed E-state index contributed by atoms with van der Waals surface area (Å²) >= 11 is 0. The maximum atomic E-state index is 11.3. The average molecular weight is 196 g/mol. The molecular weight excluding hydrogens is 176 g/mol. The van der Waals surface area contributed by atoms with E-state index in [-0.39, 0.29) is 5.91 Å².